The molecule has 0 aliphatic rings. The predicted molar refractivity (Wildman–Crippen MR) is 110 cm³/mol. The maximum atomic E-state index is 11.7. The Hall–Kier alpha value is -2.97. The zero-order valence-electron chi connectivity index (χ0n) is 16.3. The van der Waals surface area contributed by atoms with Gasteiger partial charge in [-0.2, -0.15) is 5.10 Å². The number of primary sulfonamides is 1. The van der Waals surface area contributed by atoms with Crippen LogP contribution in [-0.4, -0.2) is 30.8 Å². The Balaban J connectivity index is 1.99. The van der Waals surface area contributed by atoms with E-state index < -0.39 is 10.0 Å². The van der Waals surface area contributed by atoms with Crippen LogP contribution in [0.2, 0.25) is 0 Å². The number of esters is 1. The molecule has 0 radical (unpaired) electrons. The van der Waals surface area contributed by atoms with E-state index in [0.29, 0.717) is 18.7 Å². The molecular weight excluding hydrogens is 390 g/mol. The van der Waals surface area contributed by atoms with Gasteiger partial charge in [-0.1, -0.05) is 29.8 Å². The van der Waals surface area contributed by atoms with Crippen LogP contribution in [0, 0.1) is 6.92 Å². The number of nitrogens with zero attached hydrogens (tertiary/aromatic N) is 2. The van der Waals surface area contributed by atoms with E-state index in [1.165, 1.54) is 12.1 Å². The summed E-state index contributed by atoms with van der Waals surface area (Å²) >= 11 is 0. The Bertz CT molecular complexity index is 1100. The molecule has 152 valence electrons. The van der Waals surface area contributed by atoms with Gasteiger partial charge in [0.05, 0.1) is 35.0 Å². The second-order valence-electron chi connectivity index (χ2n) is 6.64. The van der Waals surface area contributed by atoms with E-state index in [0.717, 1.165) is 22.5 Å². The van der Waals surface area contributed by atoms with Crippen LogP contribution >= 0.6 is 0 Å². The molecular formula is C21H23N3O4S. The minimum Gasteiger partial charge on any atom is -0.466 e. The van der Waals surface area contributed by atoms with E-state index in [9.17, 15) is 13.2 Å². The van der Waals surface area contributed by atoms with Crippen molar-refractivity contribution in [2.24, 2.45) is 5.14 Å². The minimum absolute atomic E-state index is 0.0350. The van der Waals surface area contributed by atoms with Crippen molar-refractivity contribution in [3.63, 3.8) is 0 Å². The molecule has 1 heterocycles. The lowest BCUT2D eigenvalue weighted by Gasteiger charge is -2.09. The van der Waals surface area contributed by atoms with Gasteiger partial charge in [0.25, 0.3) is 0 Å². The Morgan fingerprint density at radius 2 is 1.76 bits per heavy atom. The number of carbonyl (C=O) groups is 1. The fourth-order valence-electron chi connectivity index (χ4n) is 2.92. The SMILES string of the molecule is CCOC(=O)CCc1cc(-c2ccc(C)cc2)n(-c2ccc(S(N)(=O)=O)cc2)n1. The van der Waals surface area contributed by atoms with Crippen molar-refractivity contribution in [1.29, 1.82) is 0 Å². The molecule has 7 nitrogen and oxygen atoms in total. The summed E-state index contributed by atoms with van der Waals surface area (Å²) in [5.74, 6) is -0.267. The highest BCUT2D eigenvalue weighted by molar-refractivity contribution is 7.89. The quantitative estimate of drug-likeness (QED) is 0.600. The van der Waals surface area contributed by atoms with Gasteiger partial charge in [0.2, 0.25) is 10.0 Å². The lowest BCUT2D eigenvalue weighted by Crippen LogP contribution is -2.12. The van der Waals surface area contributed by atoms with Crippen molar-refractivity contribution in [2.45, 2.75) is 31.6 Å². The molecule has 2 N–H and O–H groups in total. The summed E-state index contributed by atoms with van der Waals surface area (Å²) in [5, 5.41) is 9.81. The summed E-state index contributed by atoms with van der Waals surface area (Å²) in [5.41, 5.74) is 4.37. The molecule has 0 atom stereocenters. The van der Waals surface area contributed by atoms with Crippen LogP contribution in [0.5, 0.6) is 0 Å². The highest BCUT2D eigenvalue weighted by Crippen LogP contribution is 2.25. The number of nitrogens with two attached hydrogens (primary N) is 1. The van der Waals surface area contributed by atoms with E-state index in [4.69, 9.17) is 9.88 Å². The molecule has 0 saturated heterocycles. The lowest BCUT2D eigenvalue weighted by atomic mass is 10.1. The molecule has 0 spiro atoms. The summed E-state index contributed by atoms with van der Waals surface area (Å²) in [7, 11) is -3.77. The van der Waals surface area contributed by atoms with Gasteiger partial charge in [-0.25, -0.2) is 18.2 Å². The van der Waals surface area contributed by atoms with Gasteiger partial charge in [0, 0.05) is 12.0 Å². The van der Waals surface area contributed by atoms with E-state index >= 15 is 0 Å². The van der Waals surface area contributed by atoms with Gasteiger partial charge < -0.3 is 4.74 Å². The average Bonchev–Trinajstić information content (AvgIpc) is 3.11. The van der Waals surface area contributed by atoms with Crippen molar-refractivity contribution >= 4 is 16.0 Å². The summed E-state index contributed by atoms with van der Waals surface area (Å²) in [6.07, 6.45) is 0.683. The highest BCUT2D eigenvalue weighted by atomic mass is 32.2. The number of aryl methyl sites for hydroxylation is 2. The van der Waals surface area contributed by atoms with E-state index in [1.807, 2.05) is 37.3 Å². The van der Waals surface area contributed by atoms with Crippen LogP contribution < -0.4 is 5.14 Å². The average molecular weight is 413 g/mol. The number of hydrogen-bond donors (Lipinski definition) is 1. The molecule has 1 aromatic heterocycles. The highest BCUT2D eigenvalue weighted by Gasteiger charge is 2.14. The van der Waals surface area contributed by atoms with Crippen LogP contribution in [0.1, 0.15) is 24.6 Å². The topological polar surface area (TPSA) is 104 Å². The van der Waals surface area contributed by atoms with Crippen LogP contribution in [0.3, 0.4) is 0 Å². The molecule has 3 rings (SSSR count). The smallest absolute Gasteiger partial charge is 0.306 e. The van der Waals surface area contributed by atoms with Crippen molar-refractivity contribution in [3.8, 4) is 16.9 Å². The zero-order chi connectivity index (χ0) is 21.0. The number of hydrogen-bond acceptors (Lipinski definition) is 5. The maximum absolute atomic E-state index is 11.7. The van der Waals surface area contributed by atoms with Crippen LogP contribution in [0.25, 0.3) is 16.9 Å². The molecule has 0 unspecified atom stereocenters. The normalized spacial score (nSPS) is 11.4. The fourth-order valence-corrected chi connectivity index (χ4v) is 3.43. The van der Waals surface area contributed by atoms with E-state index in [-0.39, 0.29) is 17.3 Å². The standard InChI is InChI=1S/C21H23N3O4S/c1-3-28-21(25)13-8-17-14-20(16-6-4-15(2)5-7-16)24(23-17)18-9-11-19(12-10-18)29(22,26)27/h4-7,9-12,14H,3,8,13H2,1-2H3,(H2,22,26,27). The van der Waals surface area contributed by atoms with Gasteiger partial charge in [-0.05, 0) is 44.2 Å². The largest absolute Gasteiger partial charge is 0.466 e. The molecule has 0 aliphatic carbocycles. The predicted octanol–water partition coefficient (Wildman–Crippen LogP) is 2.99. The molecule has 0 aliphatic heterocycles. The number of ether oxygens (including phenoxy) is 1. The second kappa shape index (κ2) is 8.59. The Labute approximate surface area is 170 Å². The van der Waals surface area contributed by atoms with Gasteiger partial charge >= 0.3 is 5.97 Å². The van der Waals surface area contributed by atoms with Crippen LogP contribution in [0.15, 0.2) is 59.5 Å². The Morgan fingerprint density at radius 3 is 2.34 bits per heavy atom. The van der Waals surface area contributed by atoms with Crippen molar-refractivity contribution < 1.29 is 17.9 Å². The van der Waals surface area contributed by atoms with Gasteiger partial charge in [0.1, 0.15) is 0 Å². The Morgan fingerprint density at radius 1 is 1.10 bits per heavy atom. The first-order chi connectivity index (χ1) is 13.8. The molecule has 0 amide bonds. The van der Waals surface area contributed by atoms with E-state index in [1.54, 1.807) is 23.7 Å². The Kier molecular flexibility index (Phi) is 6.14. The molecule has 2 aromatic carbocycles. The lowest BCUT2D eigenvalue weighted by molar-refractivity contribution is -0.143. The van der Waals surface area contributed by atoms with E-state index in [2.05, 4.69) is 5.10 Å². The summed E-state index contributed by atoms with van der Waals surface area (Å²) in [4.78, 5) is 11.7. The molecule has 8 heteroatoms. The molecule has 29 heavy (non-hydrogen) atoms. The second-order valence-corrected chi connectivity index (χ2v) is 8.20. The minimum atomic E-state index is -3.77. The third-order valence-electron chi connectivity index (χ3n) is 4.41. The molecule has 0 fully saturated rings. The number of rotatable bonds is 7. The first kappa shape index (κ1) is 20.8. The number of benzene rings is 2. The third-order valence-corrected chi connectivity index (χ3v) is 5.34. The van der Waals surface area contributed by atoms with Crippen LogP contribution in [-0.2, 0) is 26.0 Å². The summed E-state index contributed by atoms with van der Waals surface area (Å²) in [6, 6.07) is 16.1. The van der Waals surface area contributed by atoms with Crippen molar-refractivity contribution in [1.82, 2.24) is 9.78 Å². The van der Waals surface area contributed by atoms with Gasteiger partial charge in [-0.3, -0.25) is 4.79 Å². The monoisotopic (exact) mass is 413 g/mol. The first-order valence-corrected chi connectivity index (χ1v) is 10.8. The molecule has 0 saturated carbocycles. The fraction of sp³-hybridized carbons (Fsp3) is 0.238. The zero-order valence-corrected chi connectivity index (χ0v) is 17.1. The van der Waals surface area contributed by atoms with Gasteiger partial charge in [-0.15, -0.1) is 0 Å². The summed E-state index contributed by atoms with van der Waals surface area (Å²) in [6.45, 7) is 4.13. The van der Waals surface area contributed by atoms with Crippen molar-refractivity contribution in [2.75, 3.05) is 6.61 Å². The first-order valence-electron chi connectivity index (χ1n) is 9.23. The van der Waals surface area contributed by atoms with Gasteiger partial charge in [0.15, 0.2) is 0 Å². The molecule has 0 bridgehead atoms. The number of sulfonamides is 1. The third kappa shape index (κ3) is 5.10. The number of carbonyl (C=O) groups excluding carboxylic acids is 1. The summed E-state index contributed by atoms with van der Waals surface area (Å²) < 4.78 is 29.8. The number of aromatic nitrogens is 2. The van der Waals surface area contributed by atoms with Crippen molar-refractivity contribution in [3.05, 3.63) is 65.9 Å². The molecule has 3 aromatic rings. The maximum Gasteiger partial charge on any atom is 0.306 e. The van der Waals surface area contributed by atoms with Crippen LogP contribution in [0.4, 0.5) is 0 Å².